The van der Waals surface area contributed by atoms with Gasteiger partial charge in [-0.15, -0.1) is 0 Å². The van der Waals surface area contributed by atoms with Crippen LogP contribution in [0.4, 0.5) is 0 Å². The summed E-state index contributed by atoms with van der Waals surface area (Å²) in [6.07, 6.45) is 3.46. The molecule has 0 spiro atoms. The largest absolute Gasteiger partial charge is 0.493 e. The number of fused-ring (bicyclic) bond motifs is 1. The molecule has 9 nitrogen and oxygen atoms in total. The van der Waals surface area contributed by atoms with Crippen LogP contribution in [0.25, 0.3) is 6.08 Å². The Balaban J connectivity index is 1.55. The van der Waals surface area contributed by atoms with Crippen molar-refractivity contribution in [2.75, 3.05) is 33.5 Å². The van der Waals surface area contributed by atoms with Gasteiger partial charge in [-0.25, -0.2) is 4.79 Å². The van der Waals surface area contributed by atoms with Crippen LogP contribution in [0.1, 0.15) is 22.3 Å². The maximum Gasteiger partial charge on any atom is 0.331 e. The van der Waals surface area contributed by atoms with Crippen LogP contribution in [-0.2, 0) is 14.3 Å². The molecule has 32 heavy (non-hydrogen) atoms. The van der Waals surface area contributed by atoms with Crippen LogP contribution in [0.2, 0.25) is 0 Å². The van der Waals surface area contributed by atoms with E-state index in [2.05, 4.69) is 0 Å². The lowest BCUT2D eigenvalue weighted by Gasteiger charge is -2.10. The molecular formula is C23H23NO8. The maximum absolute atomic E-state index is 12.4. The average molecular weight is 441 g/mol. The van der Waals surface area contributed by atoms with E-state index in [1.54, 1.807) is 36.4 Å². The van der Waals surface area contributed by atoms with E-state index < -0.39 is 18.5 Å². The predicted molar refractivity (Wildman–Crippen MR) is 114 cm³/mol. The summed E-state index contributed by atoms with van der Waals surface area (Å²) in [7, 11) is 1.44. The molecule has 0 saturated heterocycles. The number of ether oxygens (including phenoxy) is 5. The van der Waals surface area contributed by atoms with Crippen molar-refractivity contribution in [3.63, 3.8) is 0 Å². The molecule has 1 aliphatic heterocycles. The first-order valence-electron chi connectivity index (χ1n) is 9.83. The third-order valence-corrected chi connectivity index (χ3v) is 4.38. The molecule has 2 aromatic rings. The van der Waals surface area contributed by atoms with E-state index in [4.69, 9.17) is 29.4 Å². The van der Waals surface area contributed by atoms with Gasteiger partial charge in [0.15, 0.2) is 42.0 Å². The molecule has 0 saturated carbocycles. The topological polar surface area (TPSA) is 123 Å². The van der Waals surface area contributed by atoms with Gasteiger partial charge in [0.25, 0.3) is 5.91 Å². The zero-order valence-corrected chi connectivity index (χ0v) is 17.5. The van der Waals surface area contributed by atoms with E-state index in [1.165, 1.54) is 19.3 Å². The fourth-order valence-corrected chi connectivity index (χ4v) is 2.83. The van der Waals surface area contributed by atoms with Gasteiger partial charge in [-0.2, -0.15) is 0 Å². The van der Waals surface area contributed by atoms with Crippen LogP contribution in [0, 0.1) is 0 Å². The number of amides is 1. The molecule has 1 heterocycles. The Hall–Kier alpha value is -4.01. The molecule has 2 N–H and O–H groups in total. The van der Waals surface area contributed by atoms with Crippen molar-refractivity contribution in [3.8, 4) is 23.0 Å². The summed E-state index contributed by atoms with van der Waals surface area (Å²) in [5.41, 5.74) is 6.05. The lowest BCUT2D eigenvalue weighted by molar-refractivity contribution is -0.136. The number of methoxy groups -OCH3 is 1. The lowest BCUT2D eigenvalue weighted by Crippen LogP contribution is -2.20. The van der Waals surface area contributed by atoms with Crippen LogP contribution in [0.15, 0.2) is 42.5 Å². The molecular weight excluding hydrogens is 418 g/mol. The van der Waals surface area contributed by atoms with Crippen molar-refractivity contribution in [1.82, 2.24) is 0 Å². The Bertz CT molecular complexity index is 1030. The molecule has 0 fully saturated rings. The molecule has 168 valence electrons. The van der Waals surface area contributed by atoms with Crippen molar-refractivity contribution in [2.45, 2.75) is 6.42 Å². The van der Waals surface area contributed by atoms with Crippen molar-refractivity contribution in [3.05, 3.63) is 53.6 Å². The number of primary amides is 1. The van der Waals surface area contributed by atoms with Gasteiger partial charge < -0.3 is 29.4 Å². The summed E-state index contributed by atoms with van der Waals surface area (Å²) in [5.74, 6) is 0.135. The molecule has 1 aliphatic rings. The Kier molecular flexibility index (Phi) is 7.69. The van der Waals surface area contributed by atoms with Gasteiger partial charge in [-0.1, -0.05) is 6.07 Å². The fraction of sp³-hybridized carbons (Fsp3) is 0.261. The molecule has 3 rings (SSSR count). The number of rotatable bonds is 9. The number of hydrogen-bond acceptors (Lipinski definition) is 8. The monoisotopic (exact) mass is 441 g/mol. The molecule has 0 bridgehead atoms. The summed E-state index contributed by atoms with van der Waals surface area (Å²) in [5, 5.41) is 0. The number of hydrogen-bond donors (Lipinski definition) is 1. The third-order valence-electron chi connectivity index (χ3n) is 4.38. The Labute approximate surface area is 184 Å². The third kappa shape index (κ3) is 6.24. The van der Waals surface area contributed by atoms with Crippen LogP contribution in [0.3, 0.4) is 0 Å². The maximum atomic E-state index is 12.4. The standard InChI is InChI=1S/C23H23NO8/c1-28-20-11-15(3-6-18(20)31-14-22(24)26)4-8-23(27)32-13-17(25)16-5-7-19-21(12-16)30-10-2-9-29-19/h3-8,11-12H,2,9-10,13-14H2,1H3,(H2,24,26)/b8-4+. The summed E-state index contributed by atoms with van der Waals surface area (Å²) in [4.78, 5) is 35.2. The summed E-state index contributed by atoms with van der Waals surface area (Å²) < 4.78 is 26.6. The SMILES string of the molecule is COc1cc(/C=C/C(=O)OCC(=O)c2ccc3c(c2)OCCCO3)ccc1OCC(N)=O. The van der Waals surface area contributed by atoms with Gasteiger partial charge in [0.2, 0.25) is 0 Å². The van der Waals surface area contributed by atoms with Crippen molar-refractivity contribution < 1.29 is 38.1 Å². The summed E-state index contributed by atoms with van der Waals surface area (Å²) >= 11 is 0. The molecule has 9 heteroatoms. The van der Waals surface area contributed by atoms with Gasteiger partial charge in [0.1, 0.15) is 0 Å². The zero-order chi connectivity index (χ0) is 22.9. The van der Waals surface area contributed by atoms with Gasteiger partial charge in [0, 0.05) is 18.1 Å². The van der Waals surface area contributed by atoms with E-state index >= 15 is 0 Å². The molecule has 0 atom stereocenters. The average Bonchev–Trinajstić information content (AvgIpc) is 3.04. The van der Waals surface area contributed by atoms with Gasteiger partial charge in [0.05, 0.1) is 20.3 Å². The van der Waals surface area contributed by atoms with E-state index in [0.717, 1.165) is 6.42 Å². The summed E-state index contributed by atoms with van der Waals surface area (Å²) in [6.45, 7) is 0.369. The van der Waals surface area contributed by atoms with E-state index in [9.17, 15) is 14.4 Å². The highest BCUT2D eigenvalue weighted by molar-refractivity contribution is 5.99. The molecule has 0 aromatic heterocycles. The van der Waals surface area contributed by atoms with Crippen molar-refractivity contribution in [1.29, 1.82) is 0 Å². The number of carbonyl (C=O) groups excluding carboxylic acids is 3. The first kappa shape index (κ1) is 22.7. The number of Topliss-reactive ketones (excluding diaryl/α,β-unsaturated/α-hetero) is 1. The summed E-state index contributed by atoms with van der Waals surface area (Å²) in [6, 6.07) is 9.71. The smallest absolute Gasteiger partial charge is 0.331 e. The second kappa shape index (κ2) is 10.9. The van der Waals surface area contributed by atoms with Crippen molar-refractivity contribution in [2.24, 2.45) is 5.73 Å². The van der Waals surface area contributed by atoms with Gasteiger partial charge in [-0.05, 0) is 42.0 Å². The second-order valence-corrected chi connectivity index (χ2v) is 6.74. The van der Waals surface area contributed by atoms with E-state index in [1.807, 2.05) is 0 Å². The number of ketones is 1. The first-order valence-corrected chi connectivity index (χ1v) is 9.83. The van der Waals surface area contributed by atoms with E-state index in [0.29, 0.717) is 47.3 Å². The predicted octanol–water partition coefficient (Wildman–Crippen LogP) is 2.16. The quantitative estimate of drug-likeness (QED) is 0.357. The molecule has 2 aromatic carbocycles. The van der Waals surface area contributed by atoms with Gasteiger partial charge in [-0.3, -0.25) is 9.59 Å². The van der Waals surface area contributed by atoms with E-state index in [-0.39, 0.29) is 12.4 Å². The number of benzene rings is 2. The first-order chi connectivity index (χ1) is 15.5. The minimum atomic E-state index is -0.680. The minimum absolute atomic E-state index is 0.282. The molecule has 1 amide bonds. The Morgan fingerprint density at radius 3 is 2.53 bits per heavy atom. The Morgan fingerprint density at radius 2 is 1.78 bits per heavy atom. The Morgan fingerprint density at radius 1 is 1.00 bits per heavy atom. The van der Waals surface area contributed by atoms with Crippen LogP contribution in [-0.4, -0.2) is 51.2 Å². The molecule has 0 radical (unpaired) electrons. The van der Waals surface area contributed by atoms with Gasteiger partial charge >= 0.3 is 5.97 Å². The van der Waals surface area contributed by atoms with Crippen LogP contribution in [0.5, 0.6) is 23.0 Å². The number of esters is 1. The highest BCUT2D eigenvalue weighted by Crippen LogP contribution is 2.31. The highest BCUT2D eigenvalue weighted by atomic mass is 16.5. The minimum Gasteiger partial charge on any atom is -0.493 e. The lowest BCUT2D eigenvalue weighted by atomic mass is 10.1. The molecule has 0 unspecified atom stereocenters. The van der Waals surface area contributed by atoms with Crippen molar-refractivity contribution >= 4 is 23.7 Å². The number of carbonyl (C=O) groups is 3. The normalized spacial score (nSPS) is 12.7. The van der Waals surface area contributed by atoms with Crippen LogP contribution >= 0.6 is 0 Å². The fourth-order valence-electron chi connectivity index (χ4n) is 2.83. The highest BCUT2D eigenvalue weighted by Gasteiger charge is 2.15. The zero-order valence-electron chi connectivity index (χ0n) is 17.5. The number of nitrogens with two attached hydrogens (primary N) is 1. The molecule has 0 aliphatic carbocycles. The second-order valence-electron chi connectivity index (χ2n) is 6.74. The van der Waals surface area contributed by atoms with Crippen LogP contribution < -0.4 is 24.7 Å².